The lowest BCUT2D eigenvalue weighted by molar-refractivity contribution is -0.145. The van der Waals surface area contributed by atoms with Crippen LogP contribution in [0.15, 0.2) is 0 Å². The highest BCUT2D eigenvalue weighted by Gasteiger charge is 2.37. The van der Waals surface area contributed by atoms with Gasteiger partial charge in [0.25, 0.3) is 0 Å². The number of rotatable bonds is 6. The Morgan fingerprint density at radius 3 is 1.93 bits per heavy atom. The van der Waals surface area contributed by atoms with Crippen molar-refractivity contribution in [3.63, 3.8) is 0 Å². The van der Waals surface area contributed by atoms with E-state index in [-0.39, 0.29) is 0 Å². The molecule has 7 nitrogen and oxygen atoms in total. The van der Waals surface area contributed by atoms with Crippen LogP contribution < -0.4 is 5.73 Å². The third kappa shape index (κ3) is 3.56. The zero-order valence-electron chi connectivity index (χ0n) is 8.20. The fraction of sp³-hybridized carbons (Fsp3) is 0.750. The molecule has 0 aliphatic heterocycles. The lowest BCUT2D eigenvalue weighted by Gasteiger charge is -2.25. The van der Waals surface area contributed by atoms with E-state index in [1.165, 1.54) is 0 Å². The monoisotopic (exact) mass is 221 g/mol. The third-order valence-electron chi connectivity index (χ3n) is 2.02. The van der Waals surface area contributed by atoms with Gasteiger partial charge in [-0.3, -0.25) is 9.59 Å². The summed E-state index contributed by atoms with van der Waals surface area (Å²) in [5, 5.41) is 36.1. The van der Waals surface area contributed by atoms with Crippen molar-refractivity contribution in [2.45, 2.75) is 25.2 Å². The standard InChI is InChI=1S/C8H15NO6/c1-3(11)5(8(9)15)7(14)6(13)4(12)2-10/h4-7,10,12-14H,2H2,1H3,(H2,9,15)/t4-,5-,6-,7-/m1/s1. The summed E-state index contributed by atoms with van der Waals surface area (Å²) >= 11 is 0. The number of Topliss-reactive ketones (excluding diaryl/α,β-unsaturated/α-hetero) is 1. The fourth-order valence-corrected chi connectivity index (χ4v) is 1.14. The number of ketones is 1. The van der Waals surface area contributed by atoms with E-state index in [0.717, 1.165) is 6.92 Å². The van der Waals surface area contributed by atoms with Gasteiger partial charge in [-0.25, -0.2) is 0 Å². The van der Waals surface area contributed by atoms with Gasteiger partial charge in [0.05, 0.1) is 6.61 Å². The van der Waals surface area contributed by atoms with E-state index >= 15 is 0 Å². The number of primary amides is 1. The van der Waals surface area contributed by atoms with Crippen molar-refractivity contribution in [1.29, 1.82) is 0 Å². The van der Waals surface area contributed by atoms with Gasteiger partial charge >= 0.3 is 0 Å². The fourth-order valence-electron chi connectivity index (χ4n) is 1.14. The predicted octanol–water partition coefficient (Wildman–Crippen LogP) is -3.25. The Labute approximate surface area is 86.1 Å². The molecule has 0 aliphatic rings. The molecule has 15 heavy (non-hydrogen) atoms. The maximum atomic E-state index is 10.9. The molecule has 6 N–H and O–H groups in total. The summed E-state index contributed by atoms with van der Waals surface area (Å²) in [6.07, 6.45) is -5.28. The Morgan fingerprint density at radius 2 is 1.67 bits per heavy atom. The molecular weight excluding hydrogens is 206 g/mol. The molecule has 0 bridgehead atoms. The molecule has 0 radical (unpaired) electrons. The Balaban J connectivity index is 4.70. The van der Waals surface area contributed by atoms with E-state index < -0.39 is 42.5 Å². The van der Waals surface area contributed by atoms with Gasteiger partial charge in [-0.2, -0.15) is 0 Å². The van der Waals surface area contributed by atoms with Gasteiger partial charge in [0.1, 0.15) is 30.0 Å². The molecule has 7 heteroatoms. The average molecular weight is 221 g/mol. The van der Waals surface area contributed by atoms with E-state index in [0.29, 0.717) is 0 Å². The SMILES string of the molecule is CC(=O)[C@@H](C(N)=O)[C@@H](O)[C@H](O)[C@H](O)CO. The number of hydrogen-bond donors (Lipinski definition) is 5. The molecule has 4 atom stereocenters. The zero-order chi connectivity index (χ0) is 12.2. The molecular formula is C8H15NO6. The first-order chi connectivity index (χ1) is 6.82. The van der Waals surface area contributed by atoms with Crippen LogP contribution in [0.4, 0.5) is 0 Å². The van der Waals surface area contributed by atoms with E-state index in [4.69, 9.17) is 15.9 Å². The van der Waals surface area contributed by atoms with Crippen LogP contribution in [0.3, 0.4) is 0 Å². The molecule has 1 amide bonds. The first-order valence-electron chi connectivity index (χ1n) is 4.27. The summed E-state index contributed by atoms with van der Waals surface area (Å²) < 4.78 is 0. The minimum absolute atomic E-state index is 0.723. The Morgan fingerprint density at radius 1 is 1.20 bits per heavy atom. The number of carbonyl (C=O) groups excluding carboxylic acids is 2. The number of aliphatic hydroxyl groups is 4. The van der Waals surface area contributed by atoms with Crippen LogP contribution in [0, 0.1) is 5.92 Å². The highest BCUT2D eigenvalue weighted by molar-refractivity contribution is 6.00. The Kier molecular flexibility index (Phi) is 5.37. The second-order valence-corrected chi connectivity index (χ2v) is 3.22. The number of carbonyl (C=O) groups is 2. The summed E-state index contributed by atoms with van der Waals surface area (Å²) in [6, 6.07) is 0. The first kappa shape index (κ1) is 14.0. The van der Waals surface area contributed by atoms with Crippen molar-refractivity contribution >= 4 is 11.7 Å². The molecule has 0 aromatic heterocycles. The van der Waals surface area contributed by atoms with Crippen molar-refractivity contribution in [3.05, 3.63) is 0 Å². The molecule has 0 spiro atoms. The topological polar surface area (TPSA) is 141 Å². The van der Waals surface area contributed by atoms with Crippen molar-refractivity contribution in [1.82, 2.24) is 0 Å². The molecule has 0 saturated carbocycles. The van der Waals surface area contributed by atoms with Gasteiger partial charge in [0, 0.05) is 0 Å². The summed E-state index contributed by atoms with van der Waals surface area (Å²) in [5.74, 6) is -3.42. The van der Waals surface area contributed by atoms with Crippen LogP contribution in [0.25, 0.3) is 0 Å². The van der Waals surface area contributed by atoms with E-state index in [1.807, 2.05) is 0 Å². The molecule has 0 unspecified atom stereocenters. The van der Waals surface area contributed by atoms with Crippen molar-refractivity contribution in [2.24, 2.45) is 11.7 Å². The van der Waals surface area contributed by atoms with Gasteiger partial charge in [-0.15, -0.1) is 0 Å². The van der Waals surface area contributed by atoms with E-state index in [9.17, 15) is 19.8 Å². The zero-order valence-corrected chi connectivity index (χ0v) is 8.20. The Hall–Kier alpha value is -1.02. The highest BCUT2D eigenvalue weighted by Crippen LogP contribution is 2.12. The van der Waals surface area contributed by atoms with Crippen molar-refractivity contribution in [3.8, 4) is 0 Å². The summed E-state index contributed by atoms with van der Waals surface area (Å²) in [7, 11) is 0. The summed E-state index contributed by atoms with van der Waals surface area (Å²) in [5.41, 5.74) is 4.84. The number of hydrogen-bond acceptors (Lipinski definition) is 6. The van der Waals surface area contributed by atoms with E-state index in [1.54, 1.807) is 0 Å². The predicted molar refractivity (Wildman–Crippen MR) is 48.5 cm³/mol. The van der Waals surface area contributed by atoms with Crippen LogP contribution >= 0.6 is 0 Å². The van der Waals surface area contributed by atoms with Gasteiger partial charge in [0.15, 0.2) is 0 Å². The molecule has 0 fully saturated rings. The van der Waals surface area contributed by atoms with Gasteiger partial charge in [-0.05, 0) is 6.92 Å². The lowest BCUT2D eigenvalue weighted by atomic mass is 9.91. The molecule has 0 saturated heterocycles. The van der Waals surface area contributed by atoms with Crippen LogP contribution in [0.1, 0.15) is 6.92 Å². The van der Waals surface area contributed by atoms with Gasteiger partial charge in [0.2, 0.25) is 5.91 Å². The summed E-state index contributed by atoms with van der Waals surface area (Å²) in [4.78, 5) is 21.7. The minimum Gasteiger partial charge on any atom is -0.394 e. The summed E-state index contributed by atoms with van der Waals surface area (Å²) in [6.45, 7) is 0.221. The first-order valence-corrected chi connectivity index (χ1v) is 4.27. The van der Waals surface area contributed by atoms with Crippen LogP contribution in [-0.2, 0) is 9.59 Å². The lowest BCUT2D eigenvalue weighted by Crippen LogP contribution is -2.49. The number of nitrogens with two attached hydrogens (primary N) is 1. The van der Waals surface area contributed by atoms with E-state index in [2.05, 4.69) is 0 Å². The average Bonchev–Trinajstić information content (AvgIpc) is 2.14. The maximum absolute atomic E-state index is 10.9. The second-order valence-electron chi connectivity index (χ2n) is 3.22. The molecule has 0 aromatic rings. The maximum Gasteiger partial charge on any atom is 0.230 e. The quantitative estimate of drug-likeness (QED) is 0.298. The van der Waals surface area contributed by atoms with Crippen LogP contribution in [-0.4, -0.2) is 57.0 Å². The molecule has 0 aliphatic carbocycles. The number of aliphatic hydroxyl groups excluding tert-OH is 4. The second kappa shape index (κ2) is 5.76. The molecule has 0 rings (SSSR count). The third-order valence-corrected chi connectivity index (χ3v) is 2.02. The Bertz CT molecular complexity index is 229. The van der Waals surface area contributed by atoms with Gasteiger partial charge in [-0.1, -0.05) is 0 Å². The molecule has 0 aromatic carbocycles. The normalized spacial score (nSPS) is 19.0. The van der Waals surface area contributed by atoms with Crippen LogP contribution in [0.5, 0.6) is 0 Å². The molecule has 88 valence electrons. The largest absolute Gasteiger partial charge is 0.394 e. The van der Waals surface area contributed by atoms with Gasteiger partial charge < -0.3 is 26.2 Å². The smallest absolute Gasteiger partial charge is 0.230 e. The van der Waals surface area contributed by atoms with Crippen molar-refractivity contribution < 1.29 is 30.0 Å². The highest BCUT2D eigenvalue weighted by atomic mass is 16.4. The minimum atomic E-state index is -1.83. The van der Waals surface area contributed by atoms with Crippen molar-refractivity contribution in [2.75, 3.05) is 6.61 Å². The number of amides is 1. The van der Waals surface area contributed by atoms with Crippen LogP contribution in [0.2, 0.25) is 0 Å². The molecule has 0 heterocycles.